The number of carbonyl (C=O) groups is 3. The molecule has 1 amide bonds. The summed E-state index contributed by atoms with van der Waals surface area (Å²) in [7, 11) is 0. The van der Waals surface area contributed by atoms with E-state index in [1.54, 1.807) is 6.92 Å². The Balaban J connectivity index is 4.59. The summed E-state index contributed by atoms with van der Waals surface area (Å²) in [5.41, 5.74) is 0. The Bertz CT molecular complexity index is 368. The number of hydrogen-bond donors (Lipinski definition) is 3. The molecule has 0 heterocycles. The van der Waals surface area contributed by atoms with Gasteiger partial charge in [0.05, 0.1) is 12.5 Å². The summed E-state index contributed by atoms with van der Waals surface area (Å²) < 4.78 is 4.80. The van der Waals surface area contributed by atoms with Crippen molar-refractivity contribution in [3.63, 3.8) is 0 Å². The van der Waals surface area contributed by atoms with E-state index in [1.165, 1.54) is 6.92 Å². The first-order chi connectivity index (χ1) is 9.68. The van der Waals surface area contributed by atoms with Crippen LogP contribution in [0, 0.1) is 11.8 Å². The van der Waals surface area contributed by atoms with Crippen LogP contribution in [0.5, 0.6) is 0 Å². The Morgan fingerprint density at radius 2 is 1.71 bits per heavy atom. The average Bonchev–Trinajstić information content (AvgIpc) is 2.36. The van der Waals surface area contributed by atoms with Crippen LogP contribution in [0.4, 0.5) is 0 Å². The van der Waals surface area contributed by atoms with Gasteiger partial charge < -0.3 is 20.3 Å². The maximum atomic E-state index is 11.7. The molecule has 0 spiro atoms. The molecule has 3 N–H and O–H groups in total. The van der Waals surface area contributed by atoms with Crippen molar-refractivity contribution in [1.29, 1.82) is 0 Å². The van der Waals surface area contributed by atoms with E-state index in [1.807, 2.05) is 13.8 Å². The van der Waals surface area contributed by atoms with E-state index in [2.05, 4.69) is 5.32 Å². The number of carboxylic acid groups (broad SMARTS) is 1. The lowest BCUT2D eigenvalue weighted by molar-refractivity contribution is -0.149. The molecule has 0 aliphatic carbocycles. The van der Waals surface area contributed by atoms with Crippen molar-refractivity contribution in [3.05, 3.63) is 0 Å². The van der Waals surface area contributed by atoms with Gasteiger partial charge in [0.25, 0.3) is 0 Å². The van der Waals surface area contributed by atoms with Crippen LogP contribution in [0.15, 0.2) is 0 Å². The first-order valence-corrected chi connectivity index (χ1v) is 7.06. The van der Waals surface area contributed by atoms with Crippen molar-refractivity contribution in [2.24, 2.45) is 11.8 Å². The molecule has 0 saturated carbocycles. The molecule has 0 aromatic rings. The fraction of sp³-hybridized carbons (Fsp3) is 0.786. The summed E-state index contributed by atoms with van der Waals surface area (Å²) in [6, 6.07) is -1.24. The number of hydrogen-bond acceptors (Lipinski definition) is 5. The number of amides is 1. The second kappa shape index (κ2) is 9.33. The summed E-state index contributed by atoms with van der Waals surface area (Å²) >= 11 is 0. The van der Waals surface area contributed by atoms with Crippen molar-refractivity contribution in [1.82, 2.24) is 5.32 Å². The Morgan fingerprint density at radius 1 is 1.14 bits per heavy atom. The van der Waals surface area contributed by atoms with Crippen molar-refractivity contribution in [2.75, 3.05) is 6.61 Å². The Labute approximate surface area is 124 Å². The van der Waals surface area contributed by atoms with Crippen LogP contribution in [-0.2, 0) is 19.1 Å². The predicted octanol–water partition coefficient (Wildman–Crippen LogP) is 0.552. The zero-order chi connectivity index (χ0) is 16.6. The number of carboxylic acids is 1. The van der Waals surface area contributed by atoms with E-state index in [9.17, 15) is 19.5 Å². The van der Waals surface area contributed by atoms with Crippen molar-refractivity contribution in [2.45, 2.75) is 52.7 Å². The van der Waals surface area contributed by atoms with Gasteiger partial charge in [0.1, 0.15) is 12.1 Å². The molecular formula is C14H25NO6. The van der Waals surface area contributed by atoms with Gasteiger partial charge in [-0.3, -0.25) is 9.59 Å². The van der Waals surface area contributed by atoms with Gasteiger partial charge in [-0.15, -0.1) is 0 Å². The van der Waals surface area contributed by atoms with Gasteiger partial charge in [-0.25, -0.2) is 4.79 Å². The second-order valence-electron chi connectivity index (χ2n) is 5.43. The minimum Gasteiger partial charge on any atom is -0.480 e. The molecule has 3 atom stereocenters. The van der Waals surface area contributed by atoms with Crippen LogP contribution in [0.3, 0.4) is 0 Å². The first-order valence-electron chi connectivity index (χ1n) is 7.06. The van der Waals surface area contributed by atoms with Crippen LogP contribution in [0.2, 0.25) is 0 Å². The molecule has 7 heteroatoms. The van der Waals surface area contributed by atoms with Gasteiger partial charge >= 0.3 is 11.9 Å². The SMILES string of the molecule is CCOC(=O)[C@@H](C)C[C@@H](NC(=O)[C@@H](O)CC(C)C)C(=O)O. The molecule has 0 unspecified atom stereocenters. The van der Waals surface area contributed by atoms with Crippen LogP contribution >= 0.6 is 0 Å². The Morgan fingerprint density at radius 3 is 2.14 bits per heavy atom. The molecule has 0 fully saturated rings. The number of nitrogens with one attached hydrogen (secondary N) is 1. The third-order valence-corrected chi connectivity index (χ3v) is 2.89. The minimum absolute atomic E-state index is 0.0890. The highest BCUT2D eigenvalue weighted by Gasteiger charge is 2.28. The topological polar surface area (TPSA) is 113 Å². The summed E-state index contributed by atoms with van der Waals surface area (Å²) in [6.07, 6.45) is -1.11. The number of esters is 1. The van der Waals surface area contributed by atoms with Gasteiger partial charge in [-0.1, -0.05) is 20.8 Å². The number of ether oxygens (including phenoxy) is 1. The lowest BCUT2D eigenvalue weighted by atomic mass is 10.0. The van der Waals surface area contributed by atoms with Crippen LogP contribution < -0.4 is 5.32 Å². The molecule has 21 heavy (non-hydrogen) atoms. The zero-order valence-electron chi connectivity index (χ0n) is 13.0. The van der Waals surface area contributed by atoms with Crippen LogP contribution in [0.25, 0.3) is 0 Å². The van der Waals surface area contributed by atoms with Gasteiger partial charge in [0.15, 0.2) is 0 Å². The Hall–Kier alpha value is -1.63. The molecular weight excluding hydrogens is 278 g/mol. The quantitative estimate of drug-likeness (QED) is 0.536. The molecule has 7 nitrogen and oxygen atoms in total. The summed E-state index contributed by atoms with van der Waals surface area (Å²) in [5.74, 6) is -3.06. The van der Waals surface area contributed by atoms with E-state index in [0.717, 1.165) is 0 Å². The van der Waals surface area contributed by atoms with E-state index in [0.29, 0.717) is 0 Å². The molecule has 0 rings (SSSR count). The highest BCUT2D eigenvalue weighted by molar-refractivity contribution is 5.86. The standard InChI is InChI=1S/C14H25NO6/c1-5-21-14(20)9(4)7-10(13(18)19)15-12(17)11(16)6-8(2)3/h8-11,16H,5-7H2,1-4H3,(H,15,17)(H,18,19)/t9-,10+,11-/m0/s1. The van der Waals surface area contributed by atoms with E-state index in [-0.39, 0.29) is 25.4 Å². The molecule has 0 aliphatic heterocycles. The van der Waals surface area contributed by atoms with Gasteiger partial charge in [-0.2, -0.15) is 0 Å². The molecule has 0 aliphatic rings. The number of aliphatic carboxylic acids is 1. The zero-order valence-corrected chi connectivity index (χ0v) is 13.0. The molecule has 0 bridgehead atoms. The third-order valence-electron chi connectivity index (χ3n) is 2.89. The minimum atomic E-state index is -1.26. The summed E-state index contributed by atoms with van der Waals surface area (Å²) in [5, 5.41) is 21.0. The highest BCUT2D eigenvalue weighted by Crippen LogP contribution is 2.10. The highest BCUT2D eigenvalue weighted by atomic mass is 16.5. The van der Waals surface area contributed by atoms with Crippen molar-refractivity contribution in [3.8, 4) is 0 Å². The summed E-state index contributed by atoms with van der Waals surface area (Å²) in [4.78, 5) is 34.4. The van der Waals surface area contributed by atoms with Gasteiger partial charge in [0, 0.05) is 0 Å². The molecule has 0 aromatic carbocycles. The lowest BCUT2D eigenvalue weighted by Crippen LogP contribution is -2.47. The molecule has 0 saturated heterocycles. The number of aliphatic hydroxyl groups excluding tert-OH is 1. The number of rotatable bonds is 9. The van der Waals surface area contributed by atoms with Crippen molar-refractivity contribution < 1.29 is 29.3 Å². The van der Waals surface area contributed by atoms with Gasteiger partial charge in [0.2, 0.25) is 5.91 Å². The average molecular weight is 303 g/mol. The van der Waals surface area contributed by atoms with Gasteiger partial charge in [-0.05, 0) is 25.7 Å². The van der Waals surface area contributed by atoms with Crippen LogP contribution in [0.1, 0.15) is 40.5 Å². The fourth-order valence-electron chi connectivity index (χ4n) is 1.78. The molecule has 0 radical (unpaired) electrons. The maximum absolute atomic E-state index is 11.7. The van der Waals surface area contributed by atoms with E-state index < -0.39 is 35.9 Å². The summed E-state index contributed by atoms with van der Waals surface area (Å²) in [6.45, 7) is 7.08. The largest absolute Gasteiger partial charge is 0.480 e. The number of aliphatic hydroxyl groups is 1. The predicted molar refractivity (Wildman–Crippen MR) is 75.4 cm³/mol. The van der Waals surface area contributed by atoms with Crippen LogP contribution in [-0.4, -0.2) is 46.8 Å². The maximum Gasteiger partial charge on any atom is 0.326 e. The number of carbonyl (C=O) groups excluding carboxylic acids is 2. The first kappa shape index (κ1) is 19.4. The van der Waals surface area contributed by atoms with E-state index >= 15 is 0 Å². The fourth-order valence-corrected chi connectivity index (χ4v) is 1.78. The molecule has 0 aromatic heterocycles. The van der Waals surface area contributed by atoms with Crippen molar-refractivity contribution >= 4 is 17.8 Å². The normalized spacial score (nSPS) is 15.1. The second-order valence-corrected chi connectivity index (χ2v) is 5.43. The Kier molecular flexibility index (Phi) is 8.61. The van der Waals surface area contributed by atoms with E-state index in [4.69, 9.17) is 9.84 Å². The smallest absolute Gasteiger partial charge is 0.326 e. The third kappa shape index (κ3) is 7.65. The molecule has 122 valence electrons. The lowest BCUT2D eigenvalue weighted by Gasteiger charge is -2.20. The monoisotopic (exact) mass is 303 g/mol.